The van der Waals surface area contributed by atoms with Crippen LogP contribution in [-0.4, -0.2) is 20.3 Å². The molecule has 0 unspecified atom stereocenters. The number of hydrogen-bond donors (Lipinski definition) is 1. The molecule has 1 amide bonds. The highest BCUT2D eigenvalue weighted by Crippen LogP contribution is 2.36. The van der Waals surface area contributed by atoms with Crippen molar-refractivity contribution in [2.24, 2.45) is 0 Å². The number of nitrogens with zero attached hydrogens (tertiary/aromatic N) is 3. The highest BCUT2D eigenvalue weighted by Gasteiger charge is 2.25. The Hall–Kier alpha value is -2.93. The lowest BCUT2D eigenvalue weighted by atomic mass is 10.2. The Balaban J connectivity index is 1.36. The topological polar surface area (TPSA) is 51.9 Å². The summed E-state index contributed by atoms with van der Waals surface area (Å²) >= 11 is 1.67. The van der Waals surface area contributed by atoms with Gasteiger partial charge in [0, 0.05) is 12.2 Å². The second-order valence-electron chi connectivity index (χ2n) is 7.52. The average Bonchev–Trinajstić information content (AvgIpc) is 3.48. The van der Waals surface area contributed by atoms with Crippen LogP contribution in [0.15, 0.2) is 54.2 Å². The maximum absolute atomic E-state index is 13.1. The zero-order chi connectivity index (χ0) is 19.8. The fraction of sp³-hybridized carbons (Fsp3) is 0.273. The molecule has 7 heteroatoms. The van der Waals surface area contributed by atoms with Crippen LogP contribution in [0, 0.1) is 5.82 Å². The van der Waals surface area contributed by atoms with Crippen molar-refractivity contribution >= 4 is 33.1 Å². The number of carbonyl (C=O) groups is 1. The first kappa shape index (κ1) is 18.1. The van der Waals surface area contributed by atoms with Gasteiger partial charge >= 0.3 is 0 Å². The molecular weight excluding hydrogens is 387 g/mol. The summed E-state index contributed by atoms with van der Waals surface area (Å²) in [5, 5.41) is 9.39. The zero-order valence-electron chi connectivity index (χ0n) is 15.8. The summed E-state index contributed by atoms with van der Waals surface area (Å²) in [7, 11) is 0. The second kappa shape index (κ2) is 7.48. The van der Waals surface area contributed by atoms with Crippen LogP contribution in [0.1, 0.15) is 47.8 Å². The third-order valence-electron chi connectivity index (χ3n) is 5.53. The Kier molecular flexibility index (Phi) is 4.67. The number of benzene rings is 1. The van der Waals surface area contributed by atoms with Gasteiger partial charge in [0.2, 0.25) is 0 Å². The first-order valence-corrected chi connectivity index (χ1v) is 10.7. The van der Waals surface area contributed by atoms with Crippen LogP contribution in [-0.2, 0) is 6.54 Å². The van der Waals surface area contributed by atoms with Crippen molar-refractivity contribution in [3.8, 4) is 0 Å². The minimum absolute atomic E-state index is 0.110. The summed E-state index contributed by atoms with van der Waals surface area (Å²) in [5.74, 6) is -0.367. The van der Waals surface area contributed by atoms with E-state index in [1.165, 1.54) is 25.0 Å². The van der Waals surface area contributed by atoms with Gasteiger partial charge in [-0.05, 0) is 48.1 Å². The van der Waals surface area contributed by atoms with Gasteiger partial charge in [0.15, 0.2) is 0 Å². The number of aromatic nitrogens is 3. The summed E-state index contributed by atoms with van der Waals surface area (Å²) in [5.41, 5.74) is 3.46. The van der Waals surface area contributed by atoms with Crippen molar-refractivity contribution in [1.82, 2.24) is 14.3 Å². The van der Waals surface area contributed by atoms with Gasteiger partial charge in [0.25, 0.3) is 5.91 Å². The molecule has 29 heavy (non-hydrogen) atoms. The Morgan fingerprint density at radius 2 is 2.00 bits per heavy atom. The molecule has 0 saturated heterocycles. The van der Waals surface area contributed by atoms with E-state index in [4.69, 9.17) is 0 Å². The molecule has 1 saturated carbocycles. The number of thiophene rings is 1. The monoisotopic (exact) mass is 408 g/mol. The van der Waals surface area contributed by atoms with Crippen molar-refractivity contribution in [3.05, 3.63) is 71.2 Å². The molecule has 148 valence electrons. The molecule has 0 bridgehead atoms. The average molecular weight is 409 g/mol. The number of amides is 1. The quantitative estimate of drug-likeness (QED) is 0.477. The molecule has 5 rings (SSSR count). The first-order valence-electron chi connectivity index (χ1n) is 9.84. The standard InChI is InChI=1S/C22H21FN4OS/c23-16-7-5-15(6-8-16)13-26-14-17(12-24-26)25-22(28)20-11-21-19(9-10-29-21)27(20)18-3-1-2-4-18/h5-12,14,18H,1-4,13H2,(H,25,28). The number of fused-ring (bicyclic) bond motifs is 1. The Morgan fingerprint density at radius 1 is 1.21 bits per heavy atom. The molecule has 1 aliphatic carbocycles. The fourth-order valence-electron chi connectivity index (χ4n) is 4.16. The van der Waals surface area contributed by atoms with E-state index in [-0.39, 0.29) is 11.7 Å². The summed E-state index contributed by atoms with van der Waals surface area (Å²) in [6.07, 6.45) is 8.11. The zero-order valence-corrected chi connectivity index (χ0v) is 16.7. The lowest BCUT2D eigenvalue weighted by Crippen LogP contribution is -2.19. The molecule has 0 aliphatic heterocycles. The lowest BCUT2D eigenvalue weighted by molar-refractivity contribution is 0.101. The van der Waals surface area contributed by atoms with Gasteiger partial charge in [-0.1, -0.05) is 25.0 Å². The van der Waals surface area contributed by atoms with Gasteiger partial charge in [0.1, 0.15) is 11.5 Å². The van der Waals surface area contributed by atoms with Crippen LogP contribution in [0.4, 0.5) is 10.1 Å². The molecule has 1 aromatic carbocycles. The number of halogens is 1. The van der Waals surface area contributed by atoms with Gasteiger partial charge in [-0.25, -0.2) is 4.39 Å². The van der Waals surface area contributed by atoms with E-state index >= 15 is 0 Å². The molecule has 1 N–H and O–H groups in total. The maximum atomic E-state index is 13.1. The number of nitrogens with one attached hydrogen (secondary N) is 1. The van der Waals surface area contributed by atoms with E-state index in [1.54, 1.807) is 40.5 Å². The summed E-state index contributed by atoms with van der Waals surface area (Å²) in [6, 6.07) is 10.8. The molecule has 4 aromatic rings. The minimum Gasteiger partial charge on any atom is -0.333 e. The number of carbonyl (C=O) groups excluding carboxylic acids is 1. The molecule has 0 atom stereocenters. The SMILES string of the molecule is O=C(Nc1cnn(Cc2ccc(F)cc2)c1)c1cc2sccc2n1C1CCCC1. The van der Waals surface area contributed by atoms with Crippen LogP contribution in [0.5, 0.6) is 0 Å². The van der Waals surface area contributed by atoms with Crippen LogP contribution in [0.25, 0.3) is 10.2 Å². The van der Waals surface area contributed by atoms with Crippen LogP contribution >= 0.6 is 11.3 Å². The third kappa shape index (κ3) is 3.58. The number of rotatable bonds is 5. The summed E-state index contributed by atoms with van der Waals surface area (Å²) in [4.78, 5) is 13.1. The van der Waals surface area contributed by atoms with Crippen molar-refractivity contribution in [1.29, 1.82) is 0 Å². The number of anilines is 1. The van der Waals surface area contributed by atoms with E-state index in [2.05, 4.69) is 26.4 Å². The molecule has 5 nitrogen and oxygen atoms in total. The second-order valence-corrected chi connectivity index (χ2v) is 8.46. The van der Waals surface area contributed by atoms with Gasteiger partial charge in [-0.15, -0.1) is 11.3 Å². The molecule has 1 fully saturated rings. The van der Waals surface area contributed by atoms with E-state index in [0.717, 1.165) is 28.6 Å². The van der Waals surface area contributed by atoms with Crippen LogP contribution < -0.4 is 5.32 Å². The normalized spacial score (nSPS) is 14.7. The molecular formula is C22H21FN4OS. The predicted molar refractivity (Wildman–Crippen MR) is 113 cm³/mol. The Bertz CT molecular complexity index is 1150. The largest absolute Gasteiger partial charge is 0.333 e. The molecule has 0 radical (unpaired) electrons. The molecule has 0 spiro atoms. The van der Waals surface area contributed by atoms with E-state index in [1.807, 2.05) is 6.07 Å². The number of hydrogen-bond acceptors (Lipinski definition) is 3. The van der Waals surface area contributed by atoms with Gasteiger partial charge in [-0.3, -0.25) is 9.48 Å². The fourth-order valence-corrected chi connectivity index (χ4v) is 4.97. The van der Waals surface area contributed by atoms with Crippen molar-refractivity contribution < 1.29 is 9.18 Å². The Labute approximate surface area is 171 Å². The lowest BCUT2D eigenvalue weighted by Gasteiger charge is -2.16. The third-order valence-corrected chi connectivity index (χ3v) is 6.38. The predicted octanol–water partition coefficient (Wildman–Crippen LogP) is 5.45. The smallest absolute Gasteiger partial charge is 0.272 e. The van der Waals surface area contributed by atoms with Crippen molar-refractivity contribution in [2.75, 3.05) is 5.32 Å². The first-order chi connectivity index (χ1) is 14.2. The van der Waals surface area contributed by atoms with Crippen LogP contribution in [0.2, 0.25) is 0 Å². The van der Waals surface area contributed by atoms with Gasteiger partial charge in [-0.2, -0.15) is 5.10 Å². The van der Waals surface area contributed by atoms with Crippen LogP contribution in [0.3, 0.4) is 0 Å². The highest BCUT2D eigenvalue weighted by atomic mass is 32.1. The van der Waals surface area contributed by atoms with E-state index in [0.29, 0.717) is 24.0 Å². The highest BCUT2D eigenvalue weighted by molar-refractivity contribution is 7.17. The molecule has 1 aliphatic rings. The van der Waals surface area contributed by atoms with E-state index < -0.39 is 0 Å². The molecule has 3 aromatic heterocycles. The van der Waals surface area contributed by atoms with Gasteiger partial charge < -0.3 is 9.88 Å². The summed E-state index contributed by atoms with van der Waals surface area (Å²) < 4.78 is 18.2. The Morgan fingerprint density at radius 3 is 2.79 bits per heavy atom. The summed E-state index contributed by atoms with van der Waals surface area (Å²) in [6.45, 7) is 0.518. The van der Waals surface area contributed by atoms with Crippen molar-refractivity contribution in [2.45, 2.75) is 38.3 Å². The van der Waals surface area contributed by atoms with Crippen molar-refractivity contribution in [3.63, 3.8) is 0 Å². The minimum atomic E-state index is -0.257. The van der Waals surface area contributed by atoms with E-state index in [9.17, 15) is 9.18 Å². The van der Waals surface area contributed by atoms with Gasteiger partial charge in [0.05, 0.1) is 28.6 Å². The maximum Gasteiger partial charge on any atom is 0.272 e. The molecule has 3 heterocycles.